The van der Waals surface area contributed by atoms with Crippen molar-refractivity contribution in [3.8, 4) is 56.4 Å². The summed E-state index contributed by atoms with van der Waals surface area (Å²) in [5, 5.41) is 2.30. The van der Waals surface area contributed by atoms with E-state index in [1.165, 1.54) is 27.8 Å². The summed E-state index contributed by atoms with van der Waals surface area (Å²) in [7, 11) is 0. The molecule has 3 heteroatoms. The Morgan fingerprint density at radius 2 is 1.04 bits per heavy atom. The maximum absolute atomic E-state index is 5.39. The molecular formula is C52H39N3. The summed E-state index contributed by atoms with van der Waals surface area (Å²) in [6.07, 6.45) is 5.72. The Bertz CT molecular complexity index is 2710. The molecule has 0 saturated carbocycles. The van der Waals surface area contributed by atoms with Gasteiger partial charge in [0.25, 0.3) is 0 Å². The van der Waals surface area contributed by atoms with Crippen LogP contribution in [0.5, 0.6) is 0 Å². The van der Waals surface area contributed by atoms with Gasteiger partial charge in [-0.05, 0) is 79.4 Å². The number of hydrogen-bond donors (Lipinski definition) is 0. The molecule has 0 fully saturated rings. The number of fused-ring (bicyclic) bond motifs is 3. The maximum Gasteiger partial charge on any atom is 0.165 e. The molecule has 3 nitrogen and oxygen atoms in total. The van der Waals surface area contributed by atoms with Crippen LogP contribution >= 0.6 is 0 Å². The van der Waals surface area contributed by atoms with E-state index in [9.17, 15) is 0 Å². The second kappa shape index (κ2) is 13.3. The van der Waals surface area contributed by atoms with E-state index in [2.05, 4.69) is 196 Å². The third-order valence-corrected chi connectivity index (χ3v) is 11.5. The Balaban J connectivity index is 1.17. The Hall–Kier alpha value is -6.71. The molecule has 10 rings (SSSR count). The largest absolute Gasteiger partial charge is 0.208 e. The second-order valence-electron chi connectivity index (χ2n) is 15.2. The van der Waals surface area contributed by atoms with Gasteiger partial charge in [-0.15, -0.1) is 0 Å². The van der Waals surface area contributed by atoms with E-state index in [0.29, 0.717) is 17.5 Å². The fraction of sp³-hybridized carbons (Fsp3) is 0.0962. The summed E-state index contributed by atoms with van der Waals surface area (Å²) in [6.45, 7) is 4.71. The third-order valence-electron chi connectivity index (χ3n) is 11.5. The second-order valence-corrected chi connectivity index (χ2v) is 15.2. The van der Waals surface area contributed by atoms with Crippen LogP contribution in [-0.4, -0.2) is 15.0 Å². The molecular weight excluding hydrogens is 667 g/mol. The van der Waals surface area contributed by atoms with Gasteiger partial charge in [-0.25, -0.2) is 15.0 Å². The van der Waals surface area contributed by atoms with Crippen LogP contribution in [0.3, 0.4) is 0 Å². The quantitative estimate of drug-likeness (QED) is 0.173. The molecule has 0 aliphatic heterocycles. The molecule has 1 aromatic heterocycles. The van der Waals surface area contributed by atoms with Gasteiger partial charge < -0.3 is 0 Å². The Morgan fingerprint density at radius 3 is 1.71 bits per heavy atom. The Labute approximate surface area is 322 Å². The third kappa shape index (κ3) is 5.80. The van der Waals surface area contributed by atoms with Crippen LogP contribution in [0.1, 0.15) is 42.9 Å². The van der Waals surface area contributed by atoms with Gasteiger partial charge in [0.2, 0.25) is 0 Å². The van der Waals surface area contributed by atoms with Gasteiger partial charge in [0.1, 0.15) is 0 Å². The molecule has 0 amide bonds. The molecule has 2 aliphatic rings. The summed E-state index contributed by atoms with van der Waals surface area (Å²) in [6, 6.07) is 60.2. The maximum atomic E-state index is 5.39. The van der Waals surface area contributed by atoms with E-state index >= 15 is 0 Å². The monoisotopic (exact) mass is 705 g/mol. The SMILES string of the molecule is CC1(C)C2=C(CC(c3ccc4ccccc4c3-c3nc(-c4cccc(-c5ccccc5)c4)nc(-c4cccc(-c5ccccc5)c4)n3)C=C2)c2ccccc21. The average Bonchev–Trinajstić information content (AvgIpc) is 3.49. The minimum absolute atomic E-state index is 0.0276. The average molecular weight is 706 g/mol. The van der Waals surface area contributed by atoms with Gasteiger partial charge in [0.15, 0.2) is 17.5 Å². The summed E-state index contributed by atoms with van der Waals surface area (Å²) in [5.74, 6) is 2.13. The standard InChI is InChI=1S/C52H39N3/c1-52(2)46-26-12-11-25-44(46)45-33-39(28-30-47(45)52)43-29-27-36-19-9-10-24-42(36)48(43)51-54-49(40-22-13-20-37(31-40)34-15-5-3-6-16-34)53-50(55-51)41-23-14-21-38(32-41)35-17-7-4-8-18-35/h3-32,39H,33H2,1-2H3. The van der Waals surface area contributed by atoms with Crippen molar-refractivity contribution in [1.82, 2.24) is 15.0 Å². The molecule has 1 heterocycles. The van der Waals surface area contributed by atoms with Crippen molar-refractivity contribution in [2.75, 3.05) is 0 Å². The topological polar surface area (TPSA) is 38.7 Å². The van der Waals surface area contributed by atoms with Crippen LogP contribution in [0.25, 0.3) is 72.8 Å². The fourth-order valence-electron chi connectivity index (χ4n) is 8.73. The smallest absolute Gasteiger partial charge is 0.165 e. The highest BCUT2D eigenvalue weighted by Crippen LogP contribution is 2.53. The van der Waals surface area contributed by atoms with Crippen molar-refractivity contribution in [2.24, 2.45) is 0 Å². The Morgan fingerprint density at radius 1 is 0.491 bits per heavy atom. The molecule has 1 atom stereocenters. The van der Waals surface area contributed by atoms with Crippen molar-refractivity contribution in [1.29, 1.82) is 0 Å². The Kier molecular flexibility index (Phi) is 7.96. The minimum atomic E-state index is -0.0276. The first kappa shape index (κ1) is 32.9. The number of nitrogens with zero attached hydrogens (tertiary/aromatic N) is 3. The molecule has 0 N–H and O–H groups in total. The highest BCUT2D eigenvalue weighted by atomic mass is 15.0. The zero-order valence-electron chi connectivity index (χ0n) is 30.9. The van der Waals surface area contributed by atoms with Crippen molar-refractivity contribution < 1.29 is 0 Å². The van der Waals surface area contributed by atoms with Crippen LogP contribution in [0.15, 0.2) is 188 Å². The summed E-state index contributed by atoms with van der Waals surface area (Å²) >= 11 is 0. The summed E-state index contributed by atoms with van der Waals surface area (Å²) in [5.41, 5.74) is 14.4. The summed E-state index contributed by atoms with van der Waals surface area (Å²) in [4.78, 5) is 16.0. The van der Waals surface area contributed by atoms with Crippen LogP contribution in [-0.2, 0) is 5.41 Å². The van der Waals surface area contributed by atoms with E-state index in [1.807, 2.05) is 0 Å². The molecule has 2 aliphatic carbocycles. The fourth-order valence-corrected chi connectivity index (χ4v) is 8.73. The summed E-state index contributed by atoms with van der Waals surface area (Å²) < 4.78 is 0. The van der Waals surface area contributed by atoms with Gasteiger partial charge in [0.05, 0.1) is 0 Å². The minimum Gasteiger partial charge on any atom is -0.208 e. The zero-order valence-corrected chi connectivity index (χ0v) is 30.9. The van der Waals surface area contributed by atoms with E-state index in [-0.39, 0.29) is 11.3 Å². The van der Waals surface area contributed by atoms with E-state index < -0.39 is 0 Å². The van der Waals surface area contributed by atoms with Crippen LogP contribution in [0.4, 0.5) is 0 Å². The number of benzene rings is 7. The van der Waals surface area contributed by atoms with Crippen molar-refractivity contribution >= 4 is 16.3 Å². The number of hydrogen-bond acceptors (Lipinski definition) is 3. The highest BCUT2D eigenvalue weighted by molar-refractivity contribution is 5.98. The van der Waals surface area contributed by atoms with E-state index in [0.717, 1.165) is 56.1 Å². The lowest BCUT2D eigenvalue weighted by molar-refractivity contribution is 0.649. The van der Waals surface area contributed by atoms with Crippen LogP contribution in [0, 0.1) is 0 Å². The number of aromatic nitrogens is 3. The number of rotatable bonds is 6. The molecule has 8 aromatic rings. The predicted octanol–water partition coefficient (Wildman–Crippen LogP) is 13.1. The molecule has 1 unspecified atom stereocenters. The van der Waals surface area contributed by atoms with E-state index in [4.69, 9.17) is 15.0 Å². The molecule has 55 heavy (non-hydrogen) atoms. The van der Waals surface area contributed by atoms with Gasteiger partial charge >= 0.3 is 0 Å². The van der Waals surface area contributed by atoms with Gasteiger partial charge in [-0.1, -0.05) is 184 Å². The zero-order chi connectivity index (χ0) is 36.9. The molecule has 0 saturated heterocycles. The van der Waals surface area contributed by atoms with Crippen molar-refractivity contribution in [3.05, 3.63) is 204 Å². The lowest BCUT2D eigenvalue weighted by Crippen LogP contribution is -2.17. The first-order chi connectivity index (χ1) is 27.0. The van der Waals surface area contributed by atoms with Gasteiger partial charge in [-0.2, -0.15) is 0 Å². The normalized spacial score (nSPS) is 15.6. The lowest BCUT2D eigenvalue weighted by atomic mass is 9.77. The van der Waals surface area contributed by atoms with Crippen molar-refractivity contribution in [3.63, 3.8) is 0 Å². The molecule has 0 bridgehead atoms. The molecule has 262 valence electrons. The lowest BCUT2D eigenvalue weighted by Gasteiger charge is -2.27. The van der Waals surface area contributed by atoms with Gasteiger partial charge in [-0.3, -0.25) is 0 Å². The van der Waals surface area contributed by atoms with Crippen LogP contribution in [0.2, 0.25) is 0 Å². The predicted molar refractivity (Wildman–Crippen MR) is 227 cm³/mol. The molecule has 7 aromatic carbocycles. The van der Waals surface area contributed by atoms with Crippen molar-refractivity contribution in [2.45, 2.75) is 31.6 Å². The van der Waals surface area contributed by atoms with E-state index in [1.54, 1.807) is 0 Å². The first-order valence-electron chi connectivity index (χ1n) is 19.1. The van der Waals surface area contributed by atoms with Crippen LogP contribution < -0.4 is 0 Å². The molecule has 0 spiro atoms. The highest BCUT2D eigenvalue weighted by Gasteiger charge is 2.38. The first-order valence-corrected chi connectivity index (χ1v) is 19.1. The molecule has 0 radical (unpaired) electrons. The van der Waals surface area contributed by atoms with Gasteiger partial charge in [0, 0.05) is 28.0 Å². The number of allylic oxidation sites excluding steroid dienone is 4.